The number of aliphatic hydroxyl groups excluding tert-OH is 1. The van der Waals surface area contributed by atoms with E-state index in [-0.39, 0.29) is 6.61 Å². The number of aliphatic hydroxyl groups is 1. The van der Waals surface area contributed by atoms with Gasteiger partial charge in [-0.2, -0.15) is 5.10 Å². The van der Waals surface area contributed by atoms with Crippen LogP contribution in [0.1, 0.15) is 13.8 Å². The van der Waals surface area contributed by atoms with Crippen LogP contribution in [-0.4, -0.2) is 57.6 Å². The number of pyridine rings is 1. The number of fused-ring (bicyclic) bond motifs is 2. The van der Waals surface area contributed by atoms with Crippen molar-refractivity contribution in [2.75, 3.05) is 38.1 Å². The molecule has 1 aliphatic heterocycles. The fourth-order valence-corrected chi connectivity index (χ4v) is 4.70. The Kier molecular flexibility index (Phi) is 5.33. The molecule has 0 saturated heterocycles. The lowest BCUT2D eigenvalue weighted by atomic mass is 10.1. The molecule has 1 aliphatic rings. The topological polar surface area (TPSA) is 66.2 Å². The van der Waals surface area contributed by atoms with E-state index in [0.717, 1.165) is 58.6 Å². The van der Waals surface area contributed by atoms with Crippen molar-refractivity contribution in [3.8, 4) is 11.3 Å². The average Bonchev–Trinajstić information content (AvgIpc) is 3.08. The lowest BCUT2D eigenvalue weighted by Gasteiger charge is -2.18. The highest BCUT2D eigenvalue weighted by molar-refractivity contribution is 7.99. The van der Waals surface area contributed by atoms with Crippen LogP contribution < -0.4 is 5.32 Å². The molecule has 0 saturated carbocycles. The standard InChI is InChI=1S/C20H25N5OS/c1-3-24(4-2)11-12-25-16-8-7-15(21-10-13-26)19-17(16)18(23-25)14-6-5-9-22-20(14)27-19/h5-9,21,26H,3-4,10-13H2,1-2H3. The molecule has 0 radical (unpaired) electrons. The van der Waals surface area contributed by atoms with E-state index in [2.05, 4.69) is 51.9 Å². The molecule has 142 valence electrons. The van der Waals surface area contributed by atoms with Gasteiger partial charge in [-0.05, 0) is 37.4 Å². The summed E-state index contributed by atoms with van der Waals surface area (Å²) in [6, 6.07) is 8.30. The lowest BCUT2D eigenvalue weighted by Crippen LogP contribution is -2.27. The number of hydrogen-bond acceptors (Lipinski definition) is 6. The maximum Gasteiger partial charge on any atom is 0.110 e. The van der Waals surface area contributed by atoms with Crippen LogP contribution in [0.2, 0.25) is 0 Å². The van der Waals surface area contributed by atoms with Gasteiger partial charge >= 0.3 is 0 Å². The number of benzene rings is 1. The van der Waals surface area contributed by atoms with E-state index in [9.17, 15) is 5.11 Å². The van der Waals surface area contributed by atoms with Crippen LogP contribution in [0.3, 0.4) is 0 Å². The fraction of sp³-hybridized carbons (Fsp3) is 0.400. The van der Waals surface area contributed by atoms with E-state index in [1.54, 1.807) is 11.8 Å². The molecule has 3 aromatic rings. The molecule has 0 amide bonds. The number of likely N-dealkylation sites (N-methyl/N-ethyl adjacent to an activating group) is 1. The minimum atomic E-state index is 0.104. The molecule has 0 atom stereocenters. The molecule has 4 rings (SSSR count). The highest BCUT2D eigenvalue weighted by atomic mass is 32.2. The van der Waals surface area contributed by atoms with Crippen LogP contribution in [0.4, 0.5) is 5.69 Å². The SMILES string of the molecule is CCN(CC)CCn1nc2c3c(c(NCCO)ccc31)Sc1ncccc1-2. The molecule has 0 aliphatic carbocycles. The summed E-state index contributed by atoms with van der Waals surface area (Å²) >= 11 is 1.68. The summed E-state index contributed by atoms with van der Waals surface area (Å²) in [6.45, 7) is 8.96. The first-order chi connectivity index (χ1) is 13.3. The minimum Gasteiger partial charge on any atom is -0.395 e. The first-order valence-electron chi connectivity index (χ1n) is 9.50. The van der Waals surface area contributed by atoms with Gasteiger partial charge in [0, 0.05) is 40.8 Å². The van der Waals surface area contributed by atoms with Gasteiger partial charge in [0.05, 0.1) is 18.7 Å². The smallest absolute Gasteiger partial charge is 0.110 e. The molecule has 6 nitrogen and oxygen atoms in total. The van der Waals surface area contributed by atoms with Gasteiger partial charge in [0.1, 0.15) is 10.7 Å². The van der Waals surface area contributed by atoms with Crippen LogP contribution in [-0.2, 0) is 6.54 Å². The van der Waals surface area contributed by atoms with Crippen molar-refractivity contribution in [1.29, 1.82) is 0 Å². The first kappa shape index (κ1) is 18.3. The summed E-state index contributed by atoms with van der Waals surface area (Å²) in [4.78, 5) is 8.13. The maximum atomic E-state index is 9.20. The van der Waals surface area contributed by atoms with Crippen molar-refractivity contribution in [2.24, 2.45) is 0 Å². The molecule has 1 aromatic carbocycles. The Morgan fingerprint density at radius 1 is 1.22 bits per heavy atom. The van der Waals surface area contributed by atoms with E-state index in [0.29, 0.717) is 6.54 Å². The van der Waals surface area contributed by atoms with Gasteiger partial charge in [0.25, 0.3) is 0 Å². The molecular formula is C20H25N5OS. The number of hydrogen-bond donors (Lipinski definition) is 2. The summed E-state index contributed by atoms with van der Waals surface area (Å²) in [5, 5.41) is 19.7. The van der Waals surface area contributed by atoms with Crippen molar-refractivity contribution in [2.45, 2.75) is 30.3 Å². The molecule has 2 aromatic heterocycles. The second-order valence-electron chi connectivity index (χ2n) is 6.54. The van der Waals surface area contributed by atoms with Gasteiger partial charge in [-0.3, -0.25) is 4.68 Å². The monoisotopic (exact) mass is 383 g/mol. The predicted molar refractivity (Wildman–Crippen MR) is 110 cm³/mol. The average molecular weight is 384 g/mol. The summed E-state index contributed by atoms with van der Waals surface area (Å²) in [5.74, 6) is 0. The predicted octanol–water partition coefficient (Wildman–Crippen LogP) is 3.31. The number of rotatable bonds is 8. The van der Waals surface area contributed by atoms with Crippen molar-refractivity contribution in [3.63, 3.8) is 0 Å². The maximum absolute atomic E-state index is 9.20. The Bertz CT molecular complexity index is 951. The van der Waals surface area contributed by atoms with Gasteiger partial charge in [0.15, 0.2) is 0 Å². The van der Waals surface area contributed by atoms with Crippen LogP contribution in [0.15, 0.2) is 40.4 Å². The summed E-state index contributed by atoms with van der Waals surface area (Å²) in [5.41, 5.74) is 4.29. The van der Waals surface area contributed by atoms with Crippen LogP contribution in [0.25, 0.3) is 22.2 Å². The Balaban J connectivity index is 1.82. The quantitative estimate of drug-likeness (QED) is 0.487. The fourth-order valence-electron chi connectivity index (χ4n) is 3.56. The largest absolute Gasteiger partial charge is 0.395 e. The third-order valence-electron chi connectivity index (χ3n) is 5.05. The van der Waals surface area contributed by atoms with E-state index in [1.165, 1.54) is 5.39 Å². The lowest BCUT2D eigenvalue weighted by molar-refractivity contribution is 0.287. The highest BCUT2D eigenvalue weighted by Gasteiger charge is 2.26. The van der Waals surface area contributed by atoms with E-state index in [4.69, 9.17) is 5.10 Å². The third kappa shape index (κ3) is 3.31. The van der Waals surface area contributed by atoms with Crippen LogP contribution >= 0.6 is 11.8 Å². The Morgan fingerprint density at radius 3 is 2.85 bits per heavy atom. The van der Waals surface area contributed by atoms with Crippen molar-refractivity contribution < 1.29 is 5.11 Å². The minimum absolute atomic E-state index is 0.104. The normalized spacial score (nSPS) is 12.6. The van der Waals surface area contributed by atoms with Crippen molar-refractivity contribution in [3.05, 3.63) is 30.5 Å². The summed E-state index contributed by atoms with van der Waals surface area (Å²) in [7, 11) is 0. The van der Waals surface area contributed by atoms with Gasteiger partial charge in [-0.1, -0.05) is 25.6 Å². The molecule has 2 N–H and O–H groups in total. The second kappa shape index (κ2) is 7.88. The Morgan fingerprint density at radius 2 is 2.07 bits per heavy atom. The van der Waals surface area contributed by atoms with Crippen molar-refractivity contribution >= 4 is 28.4 Å². The number of aromatic nitrogens is 3. The number of anilines is 1. The summed E-state index contributed by atoms with van der Waals surface area (Å²) < 4.78 is 2.13. The molecule has 27 heavy (non-hydrogen) atoms. The van der Waals surface area contributed by atoms with E-state index < -0.39 is 0 Å². The Labute approximate surface area is 163 Å². The first-order valence-corrected chi connectivity index (χ1v) is 10.3. The van der Waals surface area contributed by atoms with Gasteiger partial charge in [-0.25, -0.2) is 4.98 Å². The van der Waals surface area contributed by atoms with Gasteiger partial charge in [-0.15, -0.1) is 0 Å². The van der Waals surface area contributed by atoms with Crippen LogP contribution in [0, 0.1) is 0 Å². The third-order valence-corrected chi connectivity index (χ3v) is 6.19. The second-order valence-corrected chi connectivity index (χ2v) is 7.54. The zero-order chi connectivity index (χ0) is 18.8. The molecule has 7 heteroatoms. The van der Waals surface area contributed by atoms with Gasteiger partial charge < -0.3 is 15.3 Å². The zero-order valence-corrected chi connectivity index (χ0v) is 16.6. The van der Waals surface area contributed by atoms with Crippen molar-refractivity contribution in [1.82, 2.24) is 19.7 Å². The number of nitrogens with zero attached hydrogens (tertiary/aromatic N) is 4. The van der Waals surface area contributed by atoms with E-state index in [1.807, 2.05) is 12.3 Å². The molecule has 3 heterocycles. The van der Waals surface area contributed by atoms with E-state index >= 15 is 0 Å². The molecule has 0 fully saturated rings. The van der Waals surface area contributed by atoms with Crippen LogP contribution in [0.5, 0.6) is 0 Å². The molecule has 0 unspecified atom stereocenters. The molecule has 0 spiro atoms. The molecule has 0 bridgehead atoms. The summed E-state index contributed by atoms with van der Waals surface area (Å²) in [6.07, 6.45) is 1.83. The molecular weight excluding hydrogens is 358 g/mol. The number of nitrogens with one attached hydrogen (secondary N) is 1. The highest BCUT2D eigenvalue weighted by Crippen LogP contribution is 2.49. The zero-order valence-electron chi connectivity index (χ0n) is 15.8. The van der Waals surface area contributed by atoms with Gasteiger partial charge in [0.2, 0.25) is 0 Å². The Hall–Kier alpha value is -2.09.